The van der Waals surface area contributed by atoms with E-state index in [2.05, 4.69) is 31.0 Å². The van der Waals surface area contributed by atoms with Crippen molar-refractivity contribution < 1.29 is 0 Å². The number of rotatable bonds is 2. The lowest BCUT2D eigenvalue weighted by atomic mass is 9.97. The molecule has 0 saturated heterocycles. The molecule has 1 heterocycles. The van der Waals surface area contributed by atoms with E-state index in [-0.39, 0.29) is 5.56 Å². The lowest BCUT2D eigenvalue weighted by Gasteiger charge is -2.09. The number of hydrogen-bond acceptors (Lipinski definition) is 1. The molecule has 0 radical (unpaired) electrons. The van der Waals surface area contributed by atoms with Crippen LogP contribution in [-0.4, -0.2) is 4.98 Å². The van der Waals surface area contributed by atoms with Crippen molar-refractivity contribution in [3.8, 4) is 0 Å². The molecule has 1 aromatic carbocycles. The first-order valence-electron chi connectivity index (χ1n) is 5.33. The standard InChI is InChI=1S/C13H15NO/c1-3-9(2)10-4-6-12-11(8-10)5-7-13(15)14-12/h4-9H,3H2,1-2H3,(H,14,15). The van der Waals surface area contributed by atoms with E-state index >= 15 is 0 Å². The zero-order valence-electron chi connectivity index (χ0n) is 9.08. The fourth-order valence-corrected chi connectivity index (χ4v) is 1.72. The highest BCUT2D eigenvalue weighted by molar-refractivity contribution is 5.79. The number of aromatic nitrogens is 1. The van der Waals surface area contributed by atoms with E-state index in [0.717, 1.165) is 17.3 Å². The Morgan fingerprint density at radius 1 is 1.27 bits per heavy atom. The van der Waals surface area contributed by atoms with Gasteiger partial charge in [-0.1, -0.05) is 19.9 Å². The number of H-pyrrole nitrogens is 1. The minimum absolute atomic E-state index is 0.0428. The van der Waals surface area contributed by atoms with Crippen LogP contribution < -0.4 is 5.56 Å². The topological polar surface area (TPSA) is 32.9 Å². The Kier molecular flexibility index (Phi) is 2.58. The van der Waals surface area contributed by atoms with E-state index in [1.54, 1.807) is 6.07 Å². The van der Waals surface area contributed by atoms with Gasteiger partial charge in [-0.05, 0) is 41.5 Å². The molecule has 2 nitrogen and oxygen atoms in total. The first-order chi connectivity index (χ1) is 7.20. The highest BCUT2D eigenvalue weighted by Crippen LogP contribution is 2.21. The zero-order valence-corrected chi connectivity index (χ0v) is 9.08. The van der Waals surface area contributed by atoms with Gasteiger partial charge in [-0.25, -0.2) is 0 Å². The molecule has 1 N–H and O–H groups in total. The van der Waals surface area contributed by atoms with E-state index in [1.165, 1.54) is 5.56 Å². The van der Waals surface area contributed by atoms with Crippen LogP contribution in [0.3, 0.4) is 0 Å². The average molecular weight is 201 g/mol. The van der Waals surface area contributed by atoms with Gasteiger partial charge in [-0.15, -0.1) is 0 Å². The summed E-state index contributed by atoms with van der Waals surface area (Å²) in [6.07, 6.45) is 1.13. The Morgan fingerprint density at radius 3 is 2.80 bits per heavy atom. The quantitative estimate of drug-likeness (QED) is 0.795. The fraction of sp³-hybridized carbons (Fsp3) is 0.308. The van der Waals surface area contributed by atoms with Gasteiger partial charge in [0.2, 0.25) is 5.56 Å². The molecular weight excluding hydrogens is 186 g/mol. The van der Waals surface area contributed by atoms with Crippen LogP contribution in [0.1, 0.15) is 31.7 Å². The van der Waals surface area contributed by atoms with Gasteiger partial charge in [-0.3, -0.25) is 4.79 Å². The second-order valence-electron chi connectivity index (χ2n) is 3.98. The van der Waals surface area contributed by atoms with E-state index in [0.29, 0.717) is 5.92 Å². The Bertz CT molecular complexity index is 527. The van der Waals surface area contributed by atoms with Gasteiger partial charge < -0.3 is 4.98 Å². The van der Waals surface area contributed by atoms with Gasteiger partial charge in [0.05, 0.1) is 0 Å². The van der Waals surface area contributed by atoms with Gasteiger partial charge in [0.1, 0.15) is 0 Å². The minimum atomic E-state index is -0.0428. The maximum atomic E-state index is 11.1. The van der Waals surface area contributed by atoms with Gasteiger partial charge in [-0.2, -0.15) is 0 Å². The van der Waals surface area contributed by atoms with Crippen molar-refractivity contribution in [3.05, 3.63) is 46.2 Å². The number of fused-ring (bicyclic) bond motifs is 1. The van der Waals surface area contributed by atoms with E-state index in [9.17, 15) is 4.79 Å². The van der Waals surface area contributed by atoms with Crippen molar-refractivity contribution in [2.24, 2.45) is 0 Å². The first-order valence-corrected chi connectivity index (χ1v) is 5.33. The van der Waals surface area contributed by atoms with Crippen molar-refractivity contribution in [2.45, 2.75) is 26.2 Å². The molecular formula is C13H15NO. The summed E-state index contributed by atoms with van der Waals surface area (Å²) in [6.45, 7) is 4.40. The molecule has 0 spiro atoms. The number of nitrogens with one attached hydrogen (secondary N) is 1. The van der Waals surface area contributed by atoms with Crippen LogP contribution in [0.5, 0.6) is 0 Å². The van der Waals surface area contributed by atoms with Crippen LogP contribution in [0.4, 0.5) is 0 Å². The number of benzene rings is 1. The third-order valence-corrected chi connectivity index (χ3v) is 2.93. The molecule has 0 amide bonds. The normalized spacial score (nSPS) is 12.9. The lowest BCUT2D eigenvalue weighted by molar-refractivity contribution is 0.734. The zero-order chi connectivity index (χ0) is 10.8. The molecule has 0 fully saturated rings. The fourth-order valence-electron chi connectivity index (χ4n) is 1.72. The second kappa shape index (κ2) is 3.89. The average Bonchev–Trinajstić information content (AvgIpc) is 2.27. The smallest absolute Gasteiger partial charge is 0.248 e. The summed E-state index contributed by atoms with van der Waals surface area (Å²) < 4.78 is 0. The van der Waals surface area contributed by atoms with E-state index in [4.69, 9.17) is 0 Å². The Morgan fingerprint density at radius 2 is 2.07 bits per heavy atom. The van der Waals surface area contributed by atoms with Gasteiger partial charge in [0.25, 0.3) is 0 Å². The first kappa shape index (κ1) is 9.97. The van der Waals surface area contributed by atoms with Crippen LogP contribution in [0.15, 0.2) is 35.1 Å². The minimum Gasteiger partial charge on any atom is -0.322 e. The van der Waals surface area contributed by atoms with E-state index < -0.39 is 0 Å². The molecule has 1 unspecified atom stereocenters. The van der Waals surface area contributed by atoms with Crippen LogP contribution in [-0.2, 0) is 0 Å². The SMILES string of the molecule is CCC(C)c1ccc2[nH]c(=O)ccc2c1. The summed E-state index contributed by atoms with van der Waals surface area (Å²) in [5.74, 6) is 0.571. The molecule has 0 aliphatic carbocycles. The van der Waals surface area contributed by atoms with Crippen LogP contribution >= 0.6 is 0 Å². The molecule has 2 rings (SSSR count). The monoisotopic (exact) mass is 201 g/mol. The van der Waals surface area contributed by atoms with Gasteiger partial charge in [0, 0.05) is 11.6 Å². The summed E-state index contributed by atoms with van der Waals surface area (Å²) in [5, 5.41) is 1.10. The molecule has 0 bridgehead atoms. The molecule has 2 heteroatoms. The van der Waals surface area contributed by atoms with Gasteiger partial charge >= 0.3 is 0 Å². The van der Waals surface area contributed by atoms with Crippen LogP contribution in [0.2, 0.25) is 0 Å². The number of hydrogen-bond donors (Lipinski definition) is 1. The summed E-state index contributed by atoms with van der Waals surface area (Å²) in [4.78, 5) is 13.9. The number of pyridine rings is 1. The maximum Gasteiger partial charge on any atom is 0.248 e. The van der Waals surface area contributed by atoms with E-state index in [1.807, 2.05) is 12.1 Å². The maximum absolute atomic E-state index is 11.1. The summed E-state index contributed by atoms with van der Waals surface area (Å²) in [6, 6.07) is 9.67. The highest BCUT2D eigenvalue weighted by Gasteiger charge is 2.03. The summed E-state index contributed by atoms with van der Waals surface area (Å²) in [7, 11) is 0. The molecule has 0 saturated carbocycles. The van der Waals surface area contributed by atoms with Gasteiger partial charge in [0.15, 0.2) is 0 Å². The predicted molar refractivity (Wildman–Crippen MR) is 63.3 cm³/mol. The predicted octanol–water partition coefficient (Wildman–Crippen LogP) is 3.04. The lowest BCUT2D eigenvalue weighted by Crippen LogP contribution is -2.02. The van der Waals surface area contributed by atoms with Crippen molar-refractivity contribution in [1.29, 1.82) is 0 Å². The largest absolute Gasteiger partial charge is 0.322 e. The molecule has 15 heavy (non-hydrogen) atoms. The third-order valence-electron chi connectivity index (χ3n) is 2.93. The molecule has 78 valence electrons. The van der Waals surface area contributed by atoms with Crippen molar-refractivity contribution in [1.82, 2.24) is 4.98 Å². The Hall–Kier alpha value is -1.57. The number of aromatic amines is 1. The van der Waals surface area contributed by atoms with Crippen molar-refractivity contribution >= 4 is 10.9 Å². The van der Waals surface area contributed by atoms with Crippen LogP contribution in [0, 0.1) is 0 Å². The molecule has 0 aliphatic heterocycles. The summed E-state index contributed by atoms with van der Waals surface area (Å²) >= 11 is 0. The Balaban J connectivity index is 2.57. The van der Waals surface area contributed by atoms with Crippen LogP contribution in [0.25, 0.3) is 10.9 Å². The molecule has 2 aromatic rings. The molecule has 1 aromatic heterocycles. The molecule has 0 aliphatic rings. The second-order valence-corrected chi connectivity index (χ2v) is 3.98. The molecule has 1 atom stereocenters. The Labute approximate surface area is 89.0 Å². The van der Waals surface area contributed by atoms with Crippen molar-refractivity contribution in [2.75, 3.05) is 0 Å². The summed E-state index contributed by atoms with van der Waals surface area (Å²) in [5.41, 5.74) is 2.20. The highest BCUT2D eigenvalue weighted by atomic mass is 16.1. The third kappa shape index (κ3) is 1.94. The van der Waals surface area contributed by atoms with Crippen molar-refractivity contribution in [3.63, 3.8) is 0 Å².